The fraction of sp³-hybridized carbons (Fsp3) is 0.333. The lowest BCUT2D eigenvalue weighted by Crippen LogP contribution is -2.61. The molecule has 2 aliphatic rings. The molecule has 1 amide bonds. The molecule has 2 aliphatic heterocycles. The minimum absolute atomic E-state index is 0.0290. The van der Waals surface area contributed by atoms with Crippen molar-refractivity contribution in [2.24, 2.45) is 4.99 Å². The van der Waals surface area contributed by atoms with Crippen LogP contribution in [0.2, 0.25) is 0 Å². The summed E-state index contributed by atoms with van der Waals surface area (Å²) in [5, 5.41) is 24.7. The summed E-state index contributed by atoms with van der Waals surface area (Å²) in [4.78, 5) is 38.0. The van der Waals surface area contributed by atoms with E-state index in [1.54, 1.807) is 6.92 Å². The van der Waals surface area contributed by atoms with Gasteiger partial charge >= 0.3 is 0 Å². The number of halogens is 2. The van der Waals surface area contributed by atoms with Crippen LogP contribution in [0.25, 0.3) is 0 Å². The number of aliphatic imine (C=N–C) groups is 1. The van der Waals surface area contributed by atoms with E-state index in [2.05, 4.69) is 10.3 Å². The number of ether oxygens (including phenoxy) is 1. The summed E-state index contributed by atoms with van der Waals surface area (Å²) in [7, 11) is 0. The molecule has 10 nitrogen and oxygen atoms in total. The van der Waals surface area contributed by atoms with Gasteiger partial charge in [-0.15, -0.1) is 0 Å². The maximum atomic E-state index is 16.4. The first-order chi connectivity index (χ1) is 16.0. The van der Waals surface area contributed by atoms with Crippen molar-refractivity contribution in [3.05, 3.63) is 79.6 Å². The van der Waals surface area contributed by atoms with Crippen LogP contribution in [-0.4, -0.2) is 45.1 Å². The molecule has 13 heteroatoms. The van der Waals surface area contributed by atoms with Crippen LogP contribution in [0.1, 0.15) is 29.3 Å². The summed E-state index contributed by atoms with van der Waals surface area (Å²) < 4.78 is 36.9. The number of amidine groups is 1. The maximum Gasteiger partial charge on any atom is 0.270 e. The van der Waals surface area contributed by atoms with E-state index in [4.69, 9.17) is 4.74 Å². The summed E-state index contributed by atoms with van der Waals surface area (Å²) >= 11 is 0.890. The lowest BCUT2D eigenvalue weighted by atomic mass is 9.72. The van der Waals surface area contributed by atoms with Crippen LogP contribution < -0.4 is 5.32 Å². The van der Waals surface area contributed by atoms with Gasteiger partial charge in [0, 0.05) is 47.6 Å². The molecule has 0 unspecified atom stereocenters. The SMILES string of the molecule is C[C@H]1C[C@@]2(F)CSC(NC(=O)c3cccc([N+](=O)[O-])c3)=N[C@@]2(c2cc([N+](=O)[O-])ccc2F)CO1. The first-order valence-electron chi connectivity index (χ1n) is 10.1. The predicted molar refractivity (Wildman–Crippen MR) is 119 cm³/mol. The molecule has 2 aromatic carbocycles. The number of hydrogen-bond donors (Lipinski definition) is 1. The van der Waals surface area contributed by atoms with Crippen molar-refractivity contribution in [3.8, 4) is 0 Å². The Labute approximate surface area is 195 Å². The number of nitro benzene ring substituents is 2. The Morgan fingerprint density at radius 3 is 2.62 bits per heavy atom. The highest BCUT2D eigenvalue weighted by atomic mass is 32.2. The predicted octanol–water partition coefficient (Wildman–Crippen LogP) is 3.89. The summed E-state index contributed by atoms with van der Waals surface area (Å²) in [6, 6.07) is 7.77. The van der Waals surface area contributed by atoms with Gasteiger partial charge in [0.1, 0.15) is 11.4 Å². The van der Waals surface area contributed by atoms with E-state index < -0.39 is 51.2 Å². The van der Waals surface area contributed by atoms with Crippen LogP contribution in [-0.2, 0) is 10.3 Å². The van der Waals surface area contributed by atoms with Crippen LogP contribution >= 0.6 is 11.8 Å². The zero-order valence-electron chi connectivity index (χ0n) is 17.7. The van der Waals surface area contributed by atoms with Crippen molar-refractivity contribution in [1.82, 2.24) is 5.32 Å². The fourth-order valence-electron chi connectivity index (χ4n) is 4.09. The van der Waals surface area contributed by atoms with Crippen molar-refractivity contribution in [2.75, 3.05) is 12.4 Å². The smallest absolute Gasteiger partial charge is 0.270 e. The zero-order chi connectivity index (χ0) is 24.7. The van der Waals surface area contributed by atoms with Gasteiger partial charge in [-0.2, -0.15) is 0 Å². The van der Waals surface area contributed by atoms with Crippen LogP contribution in [0.15, 0.2) is 47.5 Å². The molecule has 178 valence electrons. The van der Waals surface area contributed by atoms with E-state index in [0.29, 0.717) is 0 Å². The molecular weight excluding hydrogens is 474 g/mol. The Hall–Kier alpha value is -3.45. The van der Waals surface area contributed by atoms with Gasteiger partial charge in [0.25, 0.3) is 17.3 Å². The molecule has 0 saturated carbocycles. The number of non-ortho nitro benzene ring substituents is 2. The van der Waals surface area contributed by atoms with Crippen LogP contribution in [0.4, 0.5) is 20.2 Å². The van der Waals surface area contributed by atoms with Gasteiger partial charge in [0.15, 0.2) is 10.8 Å². The van der Waals surface area contributed by atoms with Crippen molar-refractivity contribution in [3.63, 3.8) is 0 Å². The topological polar surface area (TPSA) is 137 Å². The minimum atomic E-state index is -2.12. The number of alkyl halides is 1. The van der Waals surface area contributed by atoms with Gasteiger partial charge in [0.2, 0.25) is 0 Å². The number of rotatable bonds is 4. The molecule has 3 atom stereocenters. The van der Waals surface area contributed by atoms with Gasteiger partial charge in [-0.05, 0) is 19.1 Å². The summed E-state index contributed by atoms with van der Waals surface area (Å²) in [6.07, 6.45) is -0.644. The zero-order valence-corrected chi connectivity index (χ0v) is 18.5. The fourth-order valence-corrected chi connectivity index (χ4v) is 5.20. The molecule has 4 rings (SSSR count). The molecule has 0 spiro atoms. The lowest BCUT2D eigenvalue weighted by Gasteiger charge is -2.50. The number of fused-ring (bicyclic) bond motifs is 1. The number of benzene rings is 2. The van der Waals surface area contributed by atoms with Crippen LogP contribution in [0.3, 0.4) is 0 Å². The molecule has 1 saturated heterocycles. The second-order valence-electron chi connectivity index (χ2n) is 8.04. The van der Waals surface area contributed by atoms with E-state index in [1.165, 1.54) is 18.2 Å². The van der Waals surface area contributed by atoms with Gasteiger partial charge in [0.05, 0.1) is 22.6 Å². The second kappa shape index (κ2) is 8.72. The highest BCUT2D eigenvalue weighted by Crippen LogP contribution is 2.52. The van der Waals surface area contributed by atoms with Gasteiger partial charge in [-0.1, -0.05) is 17.8 Å². The summed E-state index contributed by atoms with van der Waals surface area (Å²) in [5.74, 6) is -1.86. The van der Waals surface area contributed by atoms with E-state index in [-0.39, 0.29) is 34.2 Å². The molecule has 34 heavy (non-hydrogen) atoms. The first-order valence-corrected chi connectivity index (χ1v) is 11.1. The molecule has 1 N–H and O–H groups in total. The van der Waals surface area contributed by atoms with Crippen LogP contribution in [0.5, 0.6) is 0 Å². The summed E-state index contributed by atoms with van der Waals surface area (Å²) in [5.41, 5.74) is -5.21. The van der Waals surface area contributed by atoms with E-state index in [1.807, 2.05) is 0 Å². The quantitative estimate of drug-likeness (QED) is 0.505. The number of carbonyl (C=O) groups is 1. The number of nitro groups is 2. The number of carbonyl (C=O) groups excluding carboxylic acids is 1. The number of hydrogen-bond acceptors (Lipinski definition) is 8. The number of nitrogens with one attached hydrogen (secondary N) is 1. The Morgan fingerprint density at radius 1 is 1.21 bits per heavy atom. The molecule has 0 bridgehead atoms. The Kier molecular flexibility index (Phi) is 6.08. The molecule has 0 aliphatic carbocycles. The average Bonchev–Trinajstić information content (AvgIpc) is 2.79. The van der Waals surface area contributed by atoms with Gasteiger partial charge in [-0.25, -0.2) is 13.8 Å². The molecule has 0 aromatic heterocycles. The van der Waals surface area contributed by atoms with Gasteiger partial charge in [-0.3, -0.25) is 25.0 Å². The van der Waals surface area contributed by atoms with Crippen molar-refractivity contribution >= 4 is 34.2 Å². The maximum absolute atomic E-state index is 16.4. The van der Waals surface area contributed by atoms with E-state index in [0.717, 1.165) is 36.0 Å². The van der Waals surface area contributed by atoms with E-state index in [9.17, 15) is 29.4 Å². The molecule has 2 aromatic rings. The van der Waals surface area contributed by atoms with Crippen molar-refractivity contribution < 1.29 is 28.2 Å². The standard InChI is InChI=1S/C21H18F2N4O6S/c1-12-9-20(23)11-34-19(24-18(28)13-3-2-4-14(7-13)26(29)30)25-21(20,10-33-12)16-8-15(27(31)32)5-6-17(16)22/h2-8,12H,9-11H2,1H3,(H,24,25,28)/t12-,20+,21+/m0/s1. The third kappa shape index (κ3) is 4.12. The van der Waals surface area contributed by atoms with Crippen molar-refractivity contribution in [1.29, 1.82) is 0 Å². The summed E-state index contributed by atoms with van der Waals surface area (Å²) in [6.45, 7) is 1.25. The first kappa shape index (κ1) is 23.7. The molecule has 1 fully saturated rings. The Morgan fingerprint density at radius 2 is 1.91 bits per heavy atom. The van der Waals surface area contributed by atoms with Crippen LogP contribution in [0, 0.1) is 26.0 Å². The molecular formula is C21H18F2N4O6S. The third-order valence-corrected chi connectivity index (χ3v) is 6.87. The monoisotopic (exact) mass is 492 g/mol. The highest BCUT2D eigenvalue weighted by Gasteiger charge is 2.61. The largest absolute Gasteiger partial charge is 0.375 e. The minimum Gasteiger partial charge on any atom is -0.375 e. The number of thioether (sulfide) groups is 1. The van der Waals surface area contributed by atoms with E-state index >= 15 is 4.39 Å². The van der Waals surface area contributed by atoms with Crippen molar-refractivity contribution in [2.45, 2.75) is 30.7 Å². The average molecular weight is 492 g/mol. The lowest BCUT2D eigenvalue weighted by molar-refractivity contribution is -0.385. The number of nitrogens with zero attached hydrogens (tertiary/aromatic N) is 3. The molecule has 0 radical (unpaired) electrons. The number of amides is 1. The normalized spacial score (nSPS) is 26.2. The Bertz CT molecular complexity index is 1230. The molecule has 2 heterocycles. The third-order valence-electron chi connectivity index (χ3n) is 5.80. The second-order valence-corrected chi connectivity index (χ2v) is 9.00. The van der Waals surface area contributed by atoms with Gasteiger partial charge < -0.3 is 10.1 Å². The highest BCUT2D eigenvalue weighted by molar-refractivity contribution is 8.14. The Balaban J connectivity index is 1.77.